The molecule has 0 heterocycles. The van der Waals surface area contributed by atoms with Gasteiger partial charge in [-0.15, -0.1) is 0 Å². The van der Waals surface area contributed by atoms with Crippen molar-refractivity contribution < 1.29 is 83.5 Å². The van der Waals surface area contributed by atoms with Gasteiger partial charge < -0.3 is 14.6 Å². The molecule has 0 spiro atoms. The van der Waals surface area contributed by atoms with Crippen LogP contribution in [0, 0.1) is 0 Å². The van der Waals surface area contributed by atoms with Gasteiger partial charge >= 0.3 is 68.9 Å². The molecule has 0 bridgehead atoms. The summed E-state index contributed by atoms with van der Waals surface area (Å²) in [5, 5.41) is 10.2. The van der Waals surface area contributed by atoms with Crippen LogP contribution in [0.15, 0.2) is 30.3 Å². The topological polar surface area (TPSA) is 49.4 Å². The summed E-state index contributed by atoms with van der Waals surface area (Å²) in [6, 6.07) is 10.5. The molecule has 1 rings (SSSR count). The van der Waals surface area contributed by atoms with Crippen LogP contribution in [0.2, 0.25) is 0 Å². The Bertz CT molecular complexity index is 341. The van der Waals surface area contributed by atoms with E-state index in [1.807, 2.05) is 6.07 Å². The van der Waals surface area contributed by atoms with Crippen LogP contribution in [0.3, 0.4) is 0 Å². The zero-order valence-corrected chi connectivity index (χ0v) is 18.8. The molecule has 106 valence electrons. The Kier molecular flexibility index (Phi) is 15.1. The summed E-state index contributed by atoms with van der Waals surface area (Å²) in [4.78, 5) is 10.2. The molecule has 0 atom stereocenters. The number of carboxylic acid groups (broad SMARTS) is 1. The third-order valence-corrected chi connectivity index (χ3v) is 3.02. The van der Waals surface area contributed by atoms with Crippen molar-refractivity contribution in [1.29, 1.82) is 0 Å². The number of carbonyl (C=O) groups excluding carboxylic acids is 1. The number of carboxylic acids is 1. The quantitative estimate of drug-likeness (QED) is 0.467. The first kappa shape index (κ1) is 20.7. The summed E-state index contributed by atoms with van der Waals surface area (Å²) < 4.78 is 5.52. The second-order valence-electron chi connectivity index (χ2n) is 4.74. The number of ether oxygens (including phenoxy) is 1. The number of aryl methyl sites for hydroxylation is 1. The van der Waals surface area contributed by atoms with Gasteiger partial charge in [-0.05, 0) is 44.1 Å². The van der Waals surface area contributed by atoms with Crippen LogP contribution in [-0.4, -0.2) is 19.2 Å². The van der Waals surface area contributed by atoms with Crippen molar-refractivity contribution in [2.75, 3.05) is 13.2 Å². The van der Waals surface area contributed by atoms with E-state index in [1.165, 1.54) is 5.56 Å². The monoisotopic (exact) mass is 396 g/mol. The molecule has 0 amide bonds. The summed E-state index contributed by atoms with van der Waals surface area (Å²) in [5.74, 6) is -0.957. The van der Waals surface area contributed by atoms with E-state index in [0.29, 0.717) is 6.42 Å². The van der Waals surface area contributed by atoms with Gasteiger partial charge in [0.1, 0.15) is 0 Å². The summed E-state index contributed by atoms with van der Waals surface area (Å²) in [6.07, 6.45) is 6.03. The van der Waals surface area contributed by atoms with E-state index in [9.17, 15) is 9.90 Å². The Morgan fingerprint density at radius 3 is 2.25 bits per heavy atom. The SMILES string of the molecule is O=C([O-])CCCCCOCCCCc1ccccc1.[Cs+]. The largest absolute Gasteiger partial charge is 1.00 e. The van der Waals surface area contributed by atoms with Crippen LogP contribution in [0.1, 0.15) is 44.1 Å². The Balaban J connectivity index is 0.00000361. The third-order valence-electron chi connectivity index (χ3n) is 3.02. The van der Waals surface area contributed by atoms with Crippen molar-refractivity contribution >= 4 is 5.97 Å². The van der Waals surface area contributed by atoms with Gasteiger partial charge in [0.15, 0.2) is 0 Å². The van der Waals surface area contributed by atoms with Crippen LogP contribution < -0.4 is 74.0 Å². The van der Waals surface area contributed by atoms with E-state index in [4.69, 9.17) is 4.74 Å². The Hall–Kier alpha value is 0.702. The second kappa shape index (κ2) is 14.6. The third kappa shape index (κ3) is 12.4. The Morgan fingerprint density at radius 1 is 0.950 bits per heavy atom. The Morgan fingerprint density at radius 2 is 1.60 bits per heavy atom. The predicted molar refractivity (Wildman–Crippen MR) is 73.7 cm³/mol. The molecule has 0 saturated carbocycles. The average Bonchev–Trinajstić information content (AvgIpc) is 2.42. The van der Waals surface area contributed by atoms with Crippen molar-refractivity contribution in [2.24, 2.45) is 0 Å². The van der Waals surface area contributed by atoms with Crippen LogP contribution in [0.5, 0.6) is 0 Å². The van der Waals surface area contributed by atoms with Gasteiger partial charge in [-0.2, -0.15) is 0 Å². The second-order valence-corrected chi connectivity index (χ2v) is 4.74. The van der Waals surface area contributed by atoms with E-state index in [1.54, 1.807) is 0 Å². The molecule has 0 aliphatic heterocycles. The number of hydrogen-bond donors (Lipinski definition) is 0. The molecule has 0 unspecified atom stereocenters. The fourth-order valence-corrected chi connectivity index (χ4v) is 1.93. The van der Waals surface area contributed by atoms with Crippen molar-refractivity contribution in [3.63, 3.8) is 0 Å². The van der Waals surface area contributed by atoms with Gasteiger partial charge in [0.2, 0.25) is 0 Å². The minimum absolute atomic E-state index is 0. The zero-order chi connectivity index (χ0) is 13.8. The van der Waals surface area contributed by atoms with E-state index in [0.717, 1.165) is 45.3 Å². The molecule has 0 saturated heterocycles. The summed E-state index contributed by atoms with van der Waals surface area (Å²) in [5.41, 5.74) is 1.38. The fourth-order valence-electron chi connectivity index (χ4n) is 1.93. The van der Waals surface area contributed by atoms with E-state index in [2.05, 4.69) is 24.3 Å². The fraction of sp³-hybridized carbons (Fsp3) is 0.562. The minimum atomic E-state index is -0.957. The van der Waals surface area contributed by atoms with Gasteiger partial charge in [-0.3, -0.25) is 0 Å². The van der Waals surface area contributed by atoms with Crippen molar-refractivity contribution in [2.45, 2.75) is 44.9 Å². The summed E-state index contributed by atoms with van der Waals surface area (Å²) >= 11 is 0. The molecular weight excluding hydrogens is 373 g/mol. The normalized spacial score (nSPS) is 10.0. The number of benzene rings is 1. The van der Waals surface area contributed by atoms with Crippen LogP contribution >= 0.6 is 0 Å². The number of hydrogen-bond acceptors (Lipinski definition) is 3. The van der Waals surface area contributed by atoms with Crippen LogP contribution in [0.4, 0.5) is 0 Å². The van der Waals surface area contributed by atoms with Gasteiger partial charge in [-0.25, -0.2) is 0 Å². The molecule has 3 nitrogen and oxygen atoms in total. The standard InChI is InChI=1S/C16H24O3.Cs/c17-16(18)12-5-2-7-13-19-14-8-6-11-15-9-3-1-4-10-15;/h1,3-4,9-10H,2,5-8,11-14H2,(H,17,18);/q;+1/p-1. The van der Waals surface area contributed by atoms with Crippen molar-refractivity contribution in [3.8, 4) is 0 Å². The average molecular weight is 396 g/mol. The molecule has 1 aromatic carbocycles. The van der Waals surface area contributed by atoms with Crippen LogP contribution in [0.25, 0.3) is 0 Å². The zero-order valence-electron chi connectivity index (χ0n) is 12.5. The molecule has 20 heavy (non-hydrogen) atoms. The first-order valence-electron chi connectivity index (χ1n) is 7.10. The van der Waals surface area contributed by atoms with Crippen LogP contribution in [-0.2, 0) is 16.0 Å². The number of carbonyl (C=O) groups is 1. The van der Waals surface area contributed by atoms with E-state index >= 15 is 0 Å². The molecule has 0 aromatic heterocycles. The number of unbranched alkanes of at least 4 members (excludes halogenated alkanes) is 3. The first-order chi connectivity index (χ1) is 9.29. The van der Waals surface area contributed by atoms with Gasteiger partial charge in [-0.1, -0.05) is 36.8 Å². The smallest absolute Gasteiger partial charge is 0.550 e. The molecule has 0 aliphatic carbocycles. The number of rotatable bonds is 11. The molecule has 0 aliphatic rings. The molecule has 0 radical (unpaired) electrons. The Labute approximate surface area is 180 Å². The molecule has 4 heteroatoms. The van der Waals surface area contributed by atoms with E-state index in [-0.39, 0.29) is 75.3 Å². The first-order valence-corrected chi connectivity index (χ1v) is 7.10. The molecule has 0 fully saturated rings. The maximum absolute atomic E-state index is 10.2. The van der Waals surface area contributed by atoms with Gasteiger partial charge in [0.25, 0.3) is 0 Å². The minimum Gasteiger partial charge on any atom is -0.550 e. The molecular formula is C16H23CsO3. The maximum Gasteiger partial charge on any atom is 1.00 e. The molecule has 0 N–H and O–H groups in total. The molecule has 1 aromatic rings. The number of aliphatic carboxylic acids is 1. The van der Waals surface area contributed by atoms with Crippen molar-refractivity contribution in [1.82, 2.24) is 0 Å². The predicted octanol–water partition coefficient (Wildman–Crippen LogP) is -0.660. The van der Waals surface area contributed by atoms with Gasteiger partial charge in [0.05, 0.1) is 0 Å². The van der Waals surface area contributed by atoms with E-state index < -0.39 is 5.97 Å². The summed E-state index contributed by atoms with van der Waals surface area (Å²) in [7, 11) is 0. The maximum atomic E-state index is 10.2. The van der Waals surface area contributed by atoms with Gasteiger partial charge in [0, 0.05) is 19.2 Å². The summed E-state index contributed by atoms with van der Waals surface area (Å²) in [6.45, 7) is 1.53. The van der Waals surface area contributed by atoms with Crippen molar-refractivity contribution in [3.05, 3.63) is 35.9 Å².